The fraction of sp³-hybridized carbons (Fsp3) is 0.400. The Balaban J connectivity index is 2.12. The molecule has 22 heavy (non-hydrogen) atoms. The molecule has 0 unspecified atom stereocenters. The molecule has 0 atom stereocenters. The Kier molecular flexibility index (Phi) is 5.26. The summed E-state index contributed by atoms with van der Waals surface area (Å²) in [6.07, 6.45) is 1.24. The van der Waals surface area contributed by atoms with Crippen molar-refractivity contribution in [3.8, 4) is 5.69 Å². The molecule has 2 rings (SSSR count). The Bertz CT molecular complexity index is 752. The van der Waals surface area contributed by atoms with Gasteiger partial charge >= 0.3 is 0 Å². The number of aromatic nitrogens is 2. The largest absolute Gasteiger partial charge is 0.312 e. The van der Waals surface area contributed by atoms with E-state index in [-0.39, 0.29) is 5.75 Å². The van der Waals surface area contributed by atoms with Gasteiger partial charge in [0.25, 0.3) is 0 Å². The molecule has 1 heterocycles. The molecule has 0 aliphatic heterocycles. The molecule has 5 nitrogen and oxygen atoms in total. The maximum absolute atomic E-state index is 11.1. The van der Waals surface area contributed by atoms with Crippen molar-refractivity contribution in [3.63, 3.8) is 0 Å². The zero-order valence-corrected chi connectivity index (χ0v) is 14.5. The molecule has 0 fully saturated rings. The molecule has 0 saturated carbocycles. The van der Waals surface area contributed by atoms with E-state index < -0.39 is 9.84 Å². The standard InChI is InChI=1S/C15H20ClN3O2S/c1-11-15(10-17-8-9-22(3,20)21)12(2)19(18-11)14-6-4-13(16)5-7-14/h4-7,17H,8-10H2,1-3H3. The zero-order valence-electron chi connectivity index (χ0n) is 12.9. The van der Waals surface area contributed by atoms with Crippen LogP contribution in [0.2, 0.25) is 5.02 Å². The van der Waals surface area contributed by atoms with Gasteiger partial charge in [0.15, 0.2) is 0 Å². The van der Waals surface area contributed by atoms with E-state index in [1.807, 2.05) is 42.8 Å². The van der Waals surface area contributed by atoms with Crippen LogP contribution in [0.15, 0.2) is 24.3 Å². The Labute approximate surface area is 136 Å². The highest BCUT2D eigenvalue weighted by Gasteiger charge is 2.12. The second-order valence-corrected chi connectivity index (χ2v) is 8.04. The van der Waals surface area contributed by atoms with Crippen LogP contribution >= 0.6 is 11.6 Å². The maximum atomic E-state index is 11.1. The lowest BCUT2D eigenvalue weighted by molar-refractivity contribution is 0.596. The van der Waals surface area contributed by atoms with Crippen LogP contribution < -0.4 is 5.32 Å². The molecular weight excluding hydrogens is 322 g/mol. The average Bonchev–Trinajstić information content (AvgIpc) is 2.71. The topological polar surface area (TPSA) is 64.0 Å². The molecule has 2 aromatic rings. The van der Waals surface area contributed by atoms with Crippen LogP contribution in [0.5, 0.6) is 0 Å². The highest BCUT2D eigenvalue weighted by atomic mass is 35.5. The highest BCUT2D eigenvalue weighted by Crippen LogP contribution is 2.19. The number of benzene rings is 1. The van der Waals surface area contributed by atoms with Gasteiger partial charge in [0.2, 0.25) is 0 Å². The van der Waals surface area contributed by atoms with Crippen molar-refractivity contribution in [1.82, 2.24) is 15.1 Å². The minimum atomic E-state index is -2.94. The molecule has 0 aliphatic rings. The van der Waals surface area contributed by atoms with Gasteiger partial charge in [0, 0.05) is 35.6 Å². The first-order valence-electron chi connectivity index (χ1n) is 6.97. The van der Waals surface area contributed by atoms with Gasteiger partial charge in [-0.15, -0.1) is 0 Å². The number of halogens is 1. The van der Waals surface area contributed by atoms with Gasteiger partial charge in [0.1, 0.15) is 9.84 Å². The van der Waals surface area contributed by atoms with E-state index in [4.69, 9.17) is 11.6 Å². The SMILES string of the molecule is Cc1nn(-c2ccc(Cl)cc2)c(C)c1CNCCS(C)(=O)=O. The van der Waals surface area contributed by atoms with Crippen molar-refractivity contribution in [2.45, 2.75) is 20.4 Å². The van der Waals surface area contributed by atoms with Crippen molar-refractivity contribution in [2.24, 2.45) is 0 Å². The van der Waals surface area contributed by atoms with Gasteiger partial charge < -0.3 is 5.32 Å². The first-order chi connectivity index (χ1) is 10.3. The van der Waals surface area contributed by atoms with Crippen molar-refractivity contribution in [3.05, 3.63) is 46.2 Å². The fourth-order valence-electron chi connectivity index (χ4n) is 2.24. The minimum absolute atomic E-state index is 0.135. The predicted molar refractivity (Wildman–Crippen MR) is 89.5 cm³/mol. The van der Waals surface area contributed by atoms with Crippen LogP contribution in [0.3, 0.4) is 0 Å². The summed E-state index contributed by atoms with van der Waals surface area (Å²) in [5.74, 6) is 0.135. The molecule has 120 valence electrons. The van der Waals surface area contributed by atoms with Crippen molar-refractivity contribution < 1.29 is 8.42 Å². The summed E-state index contributed by atoms with van der Waals surface area (Å²) in [5, 5.41) is 8.40. The summed E-state index contributed by atoms with van der Waals surface area (Å²) < 4.78 is 24.1. The van der Waals surface area contributed by atoms with Gasteiger partial charge in [-0.2, -0.15) is 5.10 Å². The van der Waals surface area contributed by atoms with E-state index in [0.717, 1.165) is 22.6 Å². The van der Waals surface area contributed by atoms with E-state index in [9.17, 15) is 8.42 Å². The first-order valence-corrected chi connectivity index (χ1v) is 9.41. The molecule has 0 spiro atoms. The number of hydrogen-bond donors (Lipinski definition) is 1. The number of aryl methyl sites for hydroxylation is 1. The second-order valence-electron chi connectivity index (χ2n) is 5.34. The first kappa shape index (κ1) is 17.0. The van der Waals surface area contributed by atoms with Gasteiger partial charge in [-0.1, -0.05) is 11.6 Å². The lowest BCUT2D eigenvalue weighted by atomic mass is 10.2. The molecule has 0 bridgehead atoms. The summed E-state index contributed by atoms with van der Waals surface area (Å²) in [6, 6.07) is 7.50. The summed E-state index contributed by atoms with van der Waals surface area (Å²) >= 11 is 5.91. The van der Waals surface area contributed by atoms with Crippen LogP contribution in [0.25, 0.3) is 5.69 Å². The predicted octanol–water partition coefficient (Wildman–Crippen LogP) is 2.28. The Hall–Kier alpha value is -1.37. The molecule has 0 saturated heterocycles. The summed E-state index contributed by atoms with van der Waals surface area (Å²) in [7, 11) is -2.94. The molecule has 0 radical (unpaired) electrons. The molecule has 7 heteroatoms. The molecule has 1 N–H and O–H groups in total. The van der Waals surface area contributed by atoms with Crippen molar-refractivity contribution >= 4 is 21.4 Å². The van der Waals surface area contributed by atoms with E-state index in [2.05, 4.69) is 10.4 Å². The van der Waals surface area contributed by atoms with Crippen LogP contribution in [-0.4, -0.2) is 36.8 Å². The smallest absolute Gasteiger partial charge is 0.148 e. The summed E-state index contributed by atoms with van der Waals surface area (Å²) in [6.45, 7) is 4.99. The highest BCUT2D eigenvalue weighted by molar-refractivity contribution is 7.90. The quantitative estimate of drug-likeness (QED) is 0.819. The molecular formula is C15H20ClN3O2S. The number of nitrogens with zero attached hydrogens (tertiary/aromatic N) is 2. The second kappa shape index (κ2) is 6.81. The number of nitrogens with one attached hydrogen (secondary N) is 1. The van der Waals surface area contributed by atoms with E-state index in [1.54, 1.807) is 0 Å². The van der Waals surface area contributed by atoms with E-state index in [1.165, 1.54) is 6.26 Å². The van der Waals surface area contributed by atoms with Crippen LogP contribution in [0.4, 0.5) is 0 Å². The maximum Gasteiger partial charge on any atom is 0.148 e. The zero-order chi connectivity index (χ0) is 16.3. The Morgan fingerprint density at radius 2 is 1.86 bits per heavy atom. The summed E-state index contributed by atoms with van der Waals surface area (Å²) in [5.41, 5.74) is 4.00. The van der Waals surface area contributed by atoms with Crippen LogP contribution in [-0.2, 0) is 16.4 Å². The minimum Gasteiger partial charge on any atom is -0.312 e. The number of sulfone groups is 1. The fourth-order valence-corrected chi connectivity index (χ4v) is 2.88. The van der Waals surface area contributed by atoms with Crippen molar-refractivity contribution in [1.29, 1.82) is 0 Å². The lowest BCUT2D eigenvalue weighted by Crippen LogP contribution is -2.22. The third kappa shape index (κ3) is 4.32. The van der Waals surface area contributed by atoms with Crippen LogP contribution in [0, 0.1) is 13.8 Å². The van der Waals surface area contributed by atoms with E-state index in [0.29, 0.717) is 18.1 Å². The summed E-state index contributed by atoms with van der Waals surface area (Å²) in [4.78, 5) is 0. The van der Waals surface area contributed by atoms with Gasteiger partial charge in [-0.05, 0) is 38.1 Å². The van der Waals surface area contributed by atoms with Gasteiger partial charge in [-0.3, -0.25) is 0 Å². The van der Waals surface area contributed by atoms with Crippen LogP contribution in [0.1, 0.15) is 17.0 Å². The third-order valence-corrected chi connectivity index (χ3v) is 4.66. The normalized spacial score (nSPS) is 11.8. The third-order valence-electron chi connectivity index (χ3n) is 3.46. The molecule has 0 amide bonds. The Morgan fingerprint density at radius 3 is 2.45 bits per heavy atom. The monoisotopic (exact) mass is 341 g/mol. The van der Waals surface area contributed by atoms with E-state index >= 15 is 0 Å². The van der Waals surface area contributed by atoms with Crippen molar-refractivity contribution in [2.75, 3.05) is 18.6 Å². The Morgan fingerprint density at radius 1 is 1.23 bits per heavy atom. The molecule has 0 aliphatic carbocycles. The molecule has 1 aromatic carbocycles. The molecule has 1 aromatic heterocycles. The average molecular weight is 342 g/mol. The number of hydrogen-bond acceptors (Lipinski definition) is 4. The van der Waals surface area contributed by atoms with Gasteiger partial charge in [0.05, 0.1) is 17.1 Å². The number of rotatable bonds is 6. The lowest BCUT2D eigenvalue weighted by Gasteiger charge is -2.07. The van der Waals surface area contributed by atoms with Gasteiger partial charge in [-0.25, -0.2) is 13.1 Å².